The predicted octanol–water partition coefficient (Wildman–Crippen LogP) is 5.11. The molecule has 0 saturated carbocycles. The molecule has 1 amide bonds. The number of aromatic nitrogens is 2. The highest BCUT2D eigenvalue weighted by molar-refractivity contribution is 7.89. The number of nitro benzene ring substituents is 1. The maximum absolute atomic E-state index is 15.5. The van der Waals surface area contributed by atoms with Crippen LogP contribution < -0.4 is 11.1 Å². The summed E-state index contributed by atoms with van der Waals surface area (Å²) in [5.74, 6) is -1.45. The van der Waals surface area contributed by atoms with E-state index in [1.165, 1.54) is 37.4 Å². The van der Waals surface area contributed by atoms with E-state index in [0.29, 0.717) is 29.4 Å². The average molecular weight is 669 g/mol. The first-order valence-electron chi connectivity index (χ1n) is 14.2. The average Bonchev–Trinajstić information content (AvgIpc) is 3.04. The zero-order chi connectivity index (χ0) is 33.0. The van der Waals surface area contributed by atoms with E-state index in [2.05, 4.69) is 15.3 Å². The summed E-state index contributed by atoms with van der Waals surface area (Å²) in [5, 5.41) is 14.5. The standard InChI is InChI=1S/C31H30ClFN6O6S/c1-38(46(43,44)28-8-3-2-7-27(28)39(41)42)18-26(20-5-4-6-22(32)15-20)37-31(40)23-10-9-21(16-24(23)33)29-30(34)35-17-25(36-29)19-11-13-45-14-12-19/h2-10,15-17,19,26H,11-14,18H2,1H3,(H2,34,35)(H,37,40). The Balaban J connectivity index is 1.41. The Kier molecular flexibility index (Phi) is 9.91. The molecule has 1 fully saturated rings. The van der Waals surface area contributed by atoms with Gasteiger partial charge in [-0.25, -0.2) is 22.8 Å². The first-order valence-corrected chi connectivity index (χ1v) is 16.0. The van der Waals surface area contributed by atoms with Gasteiger partial charge in [-0.05, 0) is 48.7 Å². The minimum Gasteiger partial charge on any atom is -0.382 e. The molecule has 240 valence electrons. The van der Waals surface area contributed by atoms with Crippen molar-refractivity contribution >= 4 is 39.0 Å². The largest absolute Gasteiger partial charge is 0.382 e. The number of para-hydroxylation sites is 1. The number of nitrogen functional groups attached to an aromatic ring is 1. The Labute approximate surface area is 269 Å². The van der Waals surface area contributed by atoms with Crippen molar-refractivity contribution in [3.05, 3.63) is 111 Å². The van der Waals surface area contributed by atoms with Crippen molar-refractivity contribution in [3.63, 3.8) is 0 Å². The molecule has 1 atom stereocenters. The number of halogens is 2. The number of sulfonamides is 1. The van der Waals surface area contributed by atoms with E-state index in [-0.39, 0.29) is 29.5 Å². The number of nitrogens with two attached hydrogens (primary N) is 1. The second-order valence-electron chi connectivity index (χ2n) is 10.7. The molecule has 3 N–H and O–H groups in total. The van der Waals surface area contributed by atoms with Crippen LogP contribution in [0.3, 0.4) is 0 Å². The van der Waals surface area contributed by atoms with Gasteiger partial charge in [0.05, 0.1) is 28.4 Å². The molecule has 15 heteroatoms. The highest BCUT2D eigenvalue weighted by Crippen LogP contribution is 2.31. The van der Waals surface area contributed by atoms with Crippen LogP contribution in [0.25, 0.3) is 11.3 Å². The second kappa shape index (κ2) is 13.9. The molecule has 0 bridgehead atoms. The Bertz CT molecular complexity index is 1890. The van der Waals surface area contributed by atoms with Gasteiger partial charge in [0.2, 0.25) is 10.0 Å². The molecule has 5 rings (SSSR count). The van der Waals surface area contributed by atoms with Crippen LogP contribution in [-0.2, 0) is 14.8 Å². The fraction of sp³-hybridized carbons (Fsp3) is 0.258. The van der Waals surface area contributed by atoms with Gasteiger partial charge in [0.1, 0.15) is 17.3 Å². The molecule has 0 radical (unpaired) electrons. The minimum atomic E-state index is -4.39. The number of hydrogen-bond donors (Lipinski definition) is 2. The number of likely N-dealkylation sites (N-methyl/N-ethyl adjacent to an activating group) is 1. The Morgan fingerprint density at radius 3 is 2.61 bits per heavy atom. The van der Waals surface area contributed by atoms with Gasteiger partial charge in [-0.3, -0.25) is 14.9 Å². The van der Waals surface area contributed by atoms with Gasteiger partial charge in [-0.2, -0.15) is 4.31 Å². The highest BCUT2D eigenvalue weighted by atomic mass is 35.5. The molecule has 4 aromatic rings. The number of ether oxygens (including phenoxy) is 1. The molecule has 2 heterocycles. The smallest absolute Gasteiger partial charge is 0.289 e. The summed E-state index contributed by atoms with van der Waals surface area (Å²) in [6.45, 7) is 0.856. The first-order chi connectivity index (χ1) is 22.0. The van der Waals surface area contributed by atoms with Gasteiger partial charge in [-0.1, -0.05) is 41.9 Å². The van der Waals surface area contributed by atoms with Gasteiger partial charge in [0.15, 0.2) is 4.90 Å². The number of nitrogens with zero attached hydrogens (tertiary/aromatic N) is 4. The summed E-state index contributed by atoms with van der Waals surface area (Å²) in [6.07, 6.45) is 3.16. The number of anilines is 1. The van der Waals surface area contributed by atoms with E-state index in [0.717, 1.165) is 41.0 Å². The van der Waals surface area contributed by atoms with Crippen LogP contribution in [0, 0.1) is 15.9 Å². The molecular weight excluding hydrogens is 639 g/mol. The topological polar surface area (TPSA) is 171 Å². The zero-order valence-electron chi connectivity index (χ0n) is 24.6. The van der Waals surface area contributed by atoms with E-state index in [1.807, 2.05) is 0 Å². The maximum Gasteiger partial charge on any atom is 0.289 e. The van der Waals surface area contributed by atoms with E-state index in [4.69, 9.17) is 22.1 Å². The molecule has 46 heavy (non-hydrogen) atoms. The van der Waals surface area contributed by atoms with Gasteiger partial charge in [-0.15, -0.1) is 0 Å². The van der Waals surface area contributed by atoms with Gasteiger partial charge >= 0.3 is 0 Å². The number of nitrogens with one attached hydrogen (secondary N) is 1. The first kappa shape index (κ1) is 32.9. The third-order valence-corrected chi connectivity index (χ3v) is 9.80. The minimum absolute atomic E-state index is 0.108. The number of nitro groups is 1. The monoisotopic (exact) mass is 668 g/mol. The lowest BCUT2D eigenvalue weighted by Crippen LogP contribution is -2.39. The maximum atomic E-state index is 15.5. The lowest BCUT2D eigenvalue weighted by atomic mass is 9.96. The quantitative estimate of drug-likeness (QED) is 0.172. The summed E-state index contributed by atoms with van der Waals surface area (Å²) in [4.78, 5) is 32.6. The van der Waals surface area contributed by atoms with E-state index < -0.39 is 43.3 Å². The summed E-state index contributed by atoms with van der Waals surface area (Å²) in [6, 6.07) is 14.2. The molecular formula is C31H30ClFN6O6S. The van der Waals surface area contributed by atoms with Crippen LogP contribution in [0.1, 0.15) is 46.4 Å². The fourth-order valence-electron chi connectivity index (χ4n) is 5.20. The van der Waals surface area contributed by atoms with Crippen LogP contribution in [0.2, 0.25) is 5.02 Å². The van der Waals surface area contributed by atoms with Gasteiger partial charge in [0, 0.05) is 49.4 Å². The lowest BCUT2D eigenvalue weighted by molar-refractivity contribution is -0.387. The molecule has 1 aromatic heterocycles. The zero-order valence-corrected chi connectivity index (χ0v) is 26.2. The van der Waals surface area contributed by atoms with E-state index in [9.17, 15) is 23.3 Å². The van der Waals surface area contributed by atoms with Gasteiger partial charge < -0.3 is 15.8 Å². The summed E-state index contributed by atoms with van der Waals surface area (Å²) in [5.41, 5.74) is 6.94. The molecule has 0 aliphatic carbocycles. The molecule has 12 nitrogen and oxygen atoms in total. The van der Waals surface area contributed by atoms with Crippen molar-refractivity contribution in [2.24, 2.45) is 0 Å². The number of hydrogen-bond acceptors (Lipinski definition) is 9. The lowest BCUT2D eigenvalue weighted by Gasteiger charge is -2.25. The van der Waals surface area contributed by atoms with Crippen molar-refractivity contribution < 1.29 is 27.3 Å². The second-order valence-corrected chi connectivity index (χ2v) is 13.2. The van der Waals surface area contributed by atoms with Gasteiger partial charge in [0.25, 0.3) is 11.6 Å². The van der Waals surface area contributed by atoms with Crippen molar-refractivity contribution in [2.75, 3.05) is 32.5 Å². The Hall–Kier alpha value is -4.50. The summed E-state index contributed by atoms with van der Waals surface area (Å²) >= 11 is 6.19. The third-order valence-electron chi connectivity index (χ3n) is 7.69. The van der Waals surface area contributed by atoms with Crippen LogP contribution in [0.4, 0.5) is 15.9 Å². The number of carbonyl (C=O) groups excluding carboxylic acids is 1. The predicted molar refractivity (Wildman–Crippen MR) is 169 cm³/mol. The Morgan fingerprint density at radius 1 is 1.17 bits per heavy atom. The summed E-state index contributed by atoms with van der Waals surface area (Å²) < 4.78 is 48.7. The van der Waals surface area contributed by atoms with Crippen molar-refractivity contribution in [1.29, 1.82) is 0 Å². The number of benzene rings is 3. The fourth-order valence-corrected chi connectivity index (χ4v) is 6.74. The van der Waals surface area contributed by atoms with Crippen LogP contribution in [0.15, 0.2) is 77.8 Å². The SMILES string of the molecule is CN(CC(NC(=O)c1ccc(-c2nc(C3CCOCC3)cnc2N)cc1F)c1cccc(Cl)c1)S(=O)(=O)c1ccccc1[N+](=O)[O-]. The van der Waals surface area contributed by atoms with E-state index >= 15 is 4.39 Å². The van der Waals surface area contributed by atoms with Crippen LogP contribution in [0.5, 0.6) is 0 Å². The molecule has 1 unspecified atom stereocenters. The summed E-state index contributed by atoms with van der Waals surface area (Å²) in [7, 11) is -3.16. The molecule has 1 saturated heterocycles. The van der Waals surface area contributed by atoms with Crippen molar-refractivity contribution in [2.45, 2.75) is 29.7 Å². The molecule has 0 spiro atoms. The van der Waals surface area contributed by atoms with Crippen molar-refractivity contribution in [3.8, 4) is 11.3 Å². The Morgan fingerprint density at radius 2 is 1.91 bits per heavy atom. The number of carbonyl (C=O) groups is 1. The van der Waals surface area contributed by atoms with Crippen LogP contribution in [-0.4, -0.2) is 60.3 Å². The molecule has 3 aromatic carbocycles. The highest BCUT2D eigenvalue weighted by Gasteiger charge is 2.32. The van der Waals surface area contributed by atoms with Crippen molar-refractivity contribution in [1.82, 2.24) is 19.6 Å². The van der Waals surface area contributed by atoms with Crippen LogP contribution >= 0.6 is 11.6 Å². The normalized spacial score (nSPS) is 14.6. The van der Waals surface area contributed by atoms with E-state index in [1.54, 1.807) is 24.4 Å². The molecule has 1 aliphatic rings. The number of rotatable bonds is 10. The number of amides is 1. The third kappa shape index (κ3) is 7.15. The molecule has 1 aliphatic heterocycles.